The second kappa shape index (κ2) is 7.06. The Morgan fingerprint density at radius 2 is 2.00 bits per heavy atom. The number of nitro benzene ring substituents is 1. The summed E-state index contributed by atoms with van der Waals surface area (Å²) in [7, 11) is 0. The molecule has 8 heteroatoms. The van der Waals surface area contributed by atoms with Crippen LogP contribution in [-0.2, 0) is 6.54 Å². The first kappa shape index (κ1) is 18.7. The van der Waals surface area contributed by atoms with Gasteiger partial charge in [0.15, 0.2) is 0 Å². The summed E-state index contributed by atoms with van der Waals surface area (Å²) in [5, 5.41) is 20.5. The van der Waals surface area contributed by atoms with Crippen molar-refractivity contribution >= 4 is 23.4 Å². The zero-order chi connectivity index (χ0) is 18.8. The number of hydrogen-bond donors (Lipinski definition) is 1. The molecule has 0 aliphatic carbocycles. The van der Waals surface area contributed by atoms with Crippen LogP contribution in [0.3, 0.4) is 0 Å². The summed E-state index contributed by atoms with van der Waals surface area (Å²) in [6.45, 7) is 5.51. The van der Waals surface area contributed by atoms with Crippen LogP contribution in [0.4, 0.5) is 10.5 Å². The van der Waals surface area contributed by atoms with Crippen molar-refractivity contribution in [3.8, 4) is 11.3 Å². The average molecular weight is 364 g/mol. The van der Waals surface area contributed by atoms with E-state index in [9.17, 15) is 20.0 Å². The van der Waals surface area contributed by atoms with E-state index in [-0.39, 0.29) is 17.3 Å². The molecule has 0 radical (unpaired) electrons. The monoisotopic (exact) mass is 363 g/mol. The van der Waals surface area contributed by atoms with Gasteiger partial charge in [0, 0.05) is 17.2 Å². The lowest BCUT2D eigenvalue weighted by Gasteiger charge is -2.32. The average Bonchev–Trinajstić information content (AvgIpc) is 2.51. The Morgan fingerprint density at radius 3 is 2.56 bits per heavy atom. The highest BCUT2D eigenvalue weighted by Crippen LogP contribution is 2.29. The normalized spacial score (nSPS) is 11.2. The maximum Gasteiger partial charge on any atom is 0.408 e. The molecule has 0 aliphatic rings. The first-order valence-electron chi connectivity index (χ1n) is 7.50. The lowest BCUT2D eigenvalue weighted by Crippen LogP contribution is -2.44. The van der Waals surface area contributed by atoms with E-state index in [1.54, 1.807) is 45.0 Å². The molecule has 0 atom stereocenters. The number of aromatic nitrogens is 1. The number of nitrogens with zero attached hydrogens (tertiary/aromatic N) is 3. The first-order chi connectivity index (χ1) is 11.6. The number of hydrogen-bond acceptors (Lipinski definition) is 4. The molecule has 0 aliphatic heterocycles. The van der Waals surface area contributed by atoms with Gasteiger partial charge in [-0.1, -0.05) is 23.7 Å². The molecule has 0 saturated carbocycles. The van der Waals surface area contributed by atoms with E-state index in [1.807, 2.05) is 0 Å². The Kier molecular flexibility index (Phi) is 5.27. The first-order valence-corrected chi connectivity index (χ1v) is 7.88. The van der Waals surface area contributed by atoms with Gasteiger partial charge in [0.2, 0.25) is 0 Å². The highest BCUT2D eigenvalue weighted by Gasteiger charge is 2.26. The summed E-state index contributed by atoms with van der Waals surface area (Å²) < 4.78 is 0. The van der Waals surface area contributed by atoms with Crippen LogP contribution in [0.15, 0.2) is 36.4 Å². The molecule has 1 aromatic heterocycles. The minimum Gasteiger partial charge on any atom is -0.465 e. The molecule has 7 nitrogen and oxygen atoms in total. The van der Waals surface area contributed by atoms with Crippen LogP contribution in [0.1, 0.15) is 26.5 Å². The van der Waals surface area contributed by atoms with Crippen molar-refractivity contribution in [2.24, 2.45) is 0 Å². The van der Waals surface area contributed by atoms with Crippen LogP contribution in [0.5, 0.6) is 0 Å². The Hall–Kier alpha value is -2.67. The smallest absolute Gasteiger partial charge is 0.408 e. The molecule has 1 amide bonds. The molecule has 1 heterocycles. The predicted molar refractivity (Wildman–Crippen MR) is 94.7 cm³/mol. The van der Waals surface area contributed by atoms with E-state index >= 15 is 0 Å². The molecule has 0 bridgehead atoms. The molecule has 1 aromatic carbocycles. The van der Waals surface area contributed by atoms with Crippen molar-refractivity contribution in [2.45, 2.75) is 32.9 Å². The lowest BCUT2D eigenvalue weighted by molar-refractivity contribution is -0.384. The summed E-state index contributed by atoms with van der Waals surface area (Å²) in [5.74, 6) is 0. The SMILES string of the molecule is CC(C)(C)N(Cc1cccc(-c2ccc(Cl)c([N+](=O)[O-])c2)n1)C(=O)O. The van der Waals surface area contributed by atoms with Crippen molar-refractivity contribution < 1.29 is 14.8 Å². The van der Waals surface area contributed by atoms with Crippen molar-refractivity contribution in [1.82, 2.24) is 9.88 Å². The van der Waals surface area contributed by atoms with Crippen LogP contribution in [0.25, 0.3) is 11.3 Å². The van der Waals surface area contributed by atoms with Crippen molar-refractivity contribution in [3.63, 3.8) is 0 Å². The van der Waals surface area contributed by atoms with E-state index in [0.717, 1.165) is 0 Å². The van der Waals surface area contributed by atoms with Crippen LogP contribution in [0, 0.1) is 10.1 Å². The third-order valence-corrected chi connectivity index (χ3v) is 3.93. The molecule has 1 N–H and O–H groups in total. The second-order valence-corrected chi connectivity index (χ2v) is 6.88. The van der Waals surface area contributed by atoms with Crippen molar-refractivity contribution in [3.05, 3.63) is 57.2 Å². The fraction of sp³-hybridized carbons (Fsp3) is 0.294. The fourth-order valence-corrected chi connectivity index (χ4v) is 2.48. The Balaban J connectivity index is 2.38. The van der Waals surface area contributed by atoms with E-state index in [0.29, 0.717) is 17.0 Å². The number of pyridine rings is 1. The van der Waals surface area contributed by atoms with Gasteiger partial charge in [0.25, 0.3) is 5.69 Å². The van der Waals surface area contributed by atoms with Crippen LogP contribution < -0.4 is 0 Å². The molecule has 2 aromatic rings. The second-order valence-electron chi connectivity index (χ2n) is 6.48. The van der Waals surface area contributed by atoms with Crippen LogP contribution in [0.2, 0.25) is 5.02 Å². The maximum atomic E-state index is 11.5. The lowest BCUT2D eigenvalue weighted by atomic mass is 10.1. The summed E-state index contributed by atoms with van der Waals surface area (Å²) in [4.78, 5) is 27.7. The van der Waals surface area contributed by atoms with Crippen molar-refractivity contribution in [2.75, 3.05) is 0 Å². The maximum absolute atomic E-state index is 11.5. The quantitative estimate of drug-likeness (QED) is 0.633. The number of halogens is 1. The predicted octanol–water partition coefficient (Wildman–Crippen LogP) is 4.59. The summed E-state index contributed by atoms with van der Waals surface area (Å²) in [6.07, 6.45) is -1.04. The molecular weight excluding hydrogens is 346 g/mol. The van der Waals surface area contributed by atoms with E-state index in [1.165, 1.54) is 17.0 Å². The molecular formula is C17H18ClN3O4. The molecule has 0 saturated heterocycles. The number of carboxylic acid groups (broad SMARTS) is 1. The molecule has 2 rings (SSSR count). The van der Waals surface area contributed by atoms with Gasteiger partial charge < -0.3 is 5.11 Å². The van der Waals surface area contributed by atoms with Crippen LogP contribution in [-0.4, -0.2) is 31.5 Å². The summed E-state index contributed by atoms with van der Waals surface area (Å²) in [6, 6.07) is 9.60. The standard InChI is InChI=1S/C17H18ClN3O4/c1-17(2,3)20(16(22)23)10-12-5-4-6-14(19-12)11-7-8-13(18)15(9-11)21(24)25/h4-9H,10H2,1-3H3,(H,22,23). The number of benzene rings is 1. The van der Waals surface area contributed by atoms with Gasteiger partial charge in [-0.2, -0.15) is 0 Å². The number of rotatable bonds is 4. The Labute approximate surface area is 150 Å². The Bertz CT molecular complexity index is 818. The Morgan fingerprint density at radius 1 is 1.32 bits per heavy atom. The zero-order valence-corrected chi connectivity index (χ0v) is 14.8. The van der Waals surface area contributed by atoms with Crippen LogP contribution >= 0.6 is 11.6 Å². The number of nitro groups is 1. The highest BCUT2D eigenvalue weighted by molar-refractivity contribution is 6.32. The van der Waals surface area contributed by atoms with Gasteiger partial charge >= 0.3 is 6.09 Å². The van der Waals surface area contributed by atoms with E-state index < -0.39 is 16.6 Å². The van der Waals surface area contributed by atoms with Gasteiger partial charge in [-0.25, -0.2) is 4.79 Å². The van der Waals surface area contributed by atoms with Gasteiger partial charge in [-0.05, 0) is 39.0 Å². The molecule has 132 valence electrons. The minimum absolute atomic E-state index is 0.0506. The van der Waals surface area contributed by atoms with Gasteiger partial charge in [0.05, 0.1) is 22.9 Å². The van der Waals surface area contributed by atoms with Crippen molar-refractivity contribution in [1.29, 1.82) is 0 Å². The number of carbonyl (C=O) groups is 1. The highest BCUT2D eigenvalue weighted by atomic mass is 35.5. The van der Waals surface area contributed by atoms with Gasteiger partial charge in [-0.3, -0.25) is 20.0 Å². The topological polar surface area (TPSA) is 96.6 Å². The summed E-state index contributed by atoms with van der Waals surface area (Å²) in [5.41, 5.74) is 0.815. The van der Waals surface area contributed by atoms with Gasteiger partial charge in [0.1, 0.15) is 5.02 Å². The number of amides is 1. The molecule has 0 fully saturated rings. The largest absolute Gasteiger partial charge is 0.465 e. The summed E-state index contributed by atoms with van der Waals surface area (Å²) >= 11 is 5.83. The van der Waals surface area contributed by atoms with E-state index in [4.69, 9.17) is 11.6 Å². The van der Waals surface area contributed by atoms with E-state index in [2.05, 4.69) is 4.98 Å². The third kappa shape index (κ3) is 4.45. The minimum atomic E-state index is -1.04. The zero-order valence-electron chi connectivity index (χ0n) is 14.1. The molecule has 0 unspecified atom stereocenters. The molecule has 0 spiro atoms. The van der Waals surface area contributed by atoms with Gasteiger partial charge in [-0.15, -0.1) is 0 Å². The molecule has 25 heavy (non-hydrogen) atoms. The third-order valence-electron chi connectivity index (χ3n) is 3.61. The fourth-order valence-electron chi connectivity index (χ4n) is 2.29.